The van der Waals surface area contributed by atoms with E-state index < -0.39 is 0 Å². The molecule has 0 aliphatic heterocycles. The zero-order chi connectivity index (χ0) is 12.4. The molecule has 0 bridgehead atoms. The van der Waals surface area contributed by atoms with Crippen molar-refractivity contribution < 1.29 is 0 Å². The maximum Gasteiger partial charge on any atom is 0.144 e. The Morgan fingerprint density at radius 2 is 1.61 bits per heavy atom. The lowest BCUT2D eigenvalue weighted by atomic mass is 9.95. The summed E-state index contributed by atoms with van der Waals surface area (Å²) in [5, 5.41) is 0. The van der Waals surface area contributed by atoms with Gasteiger partial charge in [-0.2, -0.15) is 0 Å². The Morgan fingerprint density at radius 1 is 0.889 bits per heavy atom. The maximum atomic E-state index is 4.46. The highest BCUT2D eigenvalue weighted by molar-refractivity contribution is 6.32. The number of aromatic nitrogens is 2. The van der Waals surface area contributed by atoms with Gasteiger partial charge in [0.15, 0.2) is 0 Å². The van der Waals surface area contributed by atoms with Gasteiger partial charge < -0.3 is 0 Å². The fraction of sp³-hybridized carbons (Fsp3) is 0. The van der Waals surface area contributed by atoms with E-state index in [-0.39, 0.29) is 0 Å². The van der Waals surface area contributed by atoms with Crippen LogP contribution in [0, 0.1) is 0 Å². The first-order valence-corrected chi connectivity index (χ1v) is 6.00. The van der Waals surface area contributed by atoms with E-state index in [1.807, 2.05) is 30.6 Å². The molecule has 0 fully saturated rings. The highest BCUT2D eigenvalue weighted by Gasteiger charge is 2.06. The number of imidazole rings is 1. The molecule has 3 heteroatoms. The molecule has 0 amide bonds. The summed E-state index contributed by atoms with van der Waals surface area (Å²) in [6.07, 6.45) is 3.83. The van der Waals surface area contributed by atoms with Crippen molar-refractivity contribution in [2.45, 2.75) is 0 Å². The van der Waals surface area contributed by atoms with Gasteiger partial charge in [-0.3, -0.25) is 4.57 Å². The Hall–Kier alpha value is -2.29. The second kappa shape index (κ2) is 4.53. The summed E-state index contributed by atoms with van der Waals surface area (Å²) in [4.78, 5) is 4.46. The predicted molar refractivity (Wildman–Crippen MR) is 77.2 cm³/mol. The molecule has 0 saturated carbocycles. The van der Waals surface area contributed by atoms with E-state index in [9.17, 15) is 0 Å². The monoisotopic (exact) mass is 232 g/mol. The number of nitrogens with zero attached hydrogens (tertiary/aromatic N) is 2. The van der Waals surface area contributed by atoms with Crippen molar-refractivity contribution >= 4 is 13.3 Å². The average molecular weight is 232 g/mol. The Balaban J connectivity index is 2.10. The third-order valence-corrected chi connectivity index (χ3v) is 2.98. The Morgan fingerprint density at radius 3 is 2.33 bits per heavy atom. The molecule has 0 saturated heterocycles. The maximum absolute atomic E-state index is 4.46. The minimum Gasteiger partial charge on any atom is -0.300 e. The Labute approximate surface area is 107 Å². The second-order valence-corrected chi connectivity index (χ2v) is 4.32. The number of hydrogen-bond donors (Lipinski definition) is 0. The van der Waals surface area contributed by atoms with Crippen molar-refractivity contribution in [3.63, 3.8) is 0 Å². The quantitative estimate of drug-likeness (QED) is 0.616. The van der Waals surface area contributed by atoms with Crippen LogP contribution in [0.15, 0.2) is 67.0 Å². The SMILES string of the molecule is Bc1ccc(-c2nccn2-c2ccccc2)cc1. The fourth-order valence-corrected chi connectivity index (χ4v) is 2.02. The topological polar surface area (TPSA) is 17.8 Å². The van der Waals surface area contributed by atoms with Crippen LogP contribution in [0.2, 0.25) is 0 Å². The van der Waals surface area contributed by atoms with Crippen molar-refractivity contribution in [2.24, 2.45) is 0 Å². The van der Waals surface area contributed by atoms with Crippen molar-refractivity contribution in [1.29, 1.82) is 0 Å². The summed E-state index contributed by atoms with van der Waals surface area (Å²) in [6, 6.07) is 18.7. The number of hydrogen-bond acceptors (Lipinski definition) is 1. The lowest BCUT2D eigenvalue weighted by molar-refractivity contribution is 1.07. The molecule has 0 unspecified atom stereocenters. The normalized spacial score (nSPS) is 10.4. The number of benzene rings is 2. The molecule has 0 N–H and O–H groups in total. The van der Waals surface area contributed by atoms with Crippen LogP contribution in [0.5, 0.6) is 0 Å². The van der Waals surface area contributed by atoms with Crippen molar-refractivity contribution in [1.82, 2.24) is 9.55 Å². The molecular weight excluding hydrogens is 219 g/mol. The summed E-state index contributed by atoms with van der Waals surface area (Å²) in [5.41, 5.74) is 3.52. The third-order valence-electron chi connectivity index (χ3n) is 2.98. The first-order valence-electron chi connectivity index (χ1n) is 6.00. The summed E-state index contributed by atoms with van der Waals surface area (Å²) in [5.74, 6) is 0.973. The molecule has 0 spiro atoms. The molecule has 1 heterocycles. The molecule has 0 radical (unpaired) electrons. The molecule has 2 aromatic carbocycles. The number of para-hydroxylation sites is 1. The average Bonchev–Trinajstić information content (AvgIpc) is 2.90. The third kappa shape index (κ3) is 1.95. The molecule has 3 aromatic rings. The lowest BCUT2D eigenvalue weighted by Gasteiger charge is -2.07. The van der Waals surface area contributed by atoms with E-state index in [4.69, 9.17) is 0 Å². The molecule has 0 aliphatic carbocycles. The second-order valence-electron chi connectivity index (χ2n) is 4.32. The van der Waals surface area contributed by atoms with Gasteiger partial charge in [0.1, 0.15) is 13.7 Å². The first-order chi connectivity index (χ1) is 8.84. The van der Waals surface area contributed by atoms with Gasteiger partial charge in [-0.15, -0.1) is 0 Å². The predicted octanol–water partition coefficient (Wildman–Crippen LogP) is 1.80. The van der Waals surface area contributed by atoms with Crippen LogP contribution in [-0.4, -0.2) is 17.4 Å². The molecular formula is C15H13BN2. The summed E-state index contributed by atoms with van der Waals surface area (Å²) >= 11 is 0. The van der Waals surface area contributed by atoms with Crippen LogP contribution in [-0.2, 0) is 0 Å². The van der Waals surface area contributed by atoms with Gasteiger partial charge in [-0.1, -0.05) is 47.9 Å². The summed E-state index contributed by atoms with van der Waals surface area (Å²) in [6.45, 7) is 0. The van der Waals surface area contributed by atoms with E-state index in [2.05, 4.69) is 53.8 Å². The van der Waals surface area contributed by atoms with Gasteiger partial charge in [0.05, 0.1) is 0 Å². The molecule has 18 heavy (non-hydrogen) atoms. The van der Waals surface area contributed by atoms with Crippen LogP contribution in [0.25, 0.3) is 17.1 Å². The van der Waals surface area contributed by atoms with Crippen LogP contribution < -0.4 is 5.46 Å². The smallest absolute Gasteiger partial charge is 0.144 e. The highest BCUT2D eigenvalue weighted by Crippen LogP contribution is 2.20. The van der Waals surface area contributed by atoms with Gasteiger partial charge in [0, 0.05) is 23.6 Å². The summed E-state index contributed by atoms with van der Waals surface area (Å²) in [7, 11) is 2.09. The van der Waals surface area contributed by atoms with Crippen LogP contribution >= 0.6 is 0 Å². The van der Waals surface area contributed by atoms with E-state index in [0.29, 0.717) is 0 Å². The zero-order valence-corrected chi connectivity index (χ0v) is 10.2. The van der Waals surface area contributed by atoms with Crippen molar-refractivity contribution in [2.75, 3.05) is 0 Å². The highest BCUT2D eigenvalue weighted by atomic mass is 15.1. The largest absolute Gasteiger partial charge is 0.300 e. The zero-order valence-electron chi connectivity index (χ0n) is 10.2. The molecule has 1 aromatic heterocycles. The molecule has 0 aliphatic rings. The Bertz CT molecular complexity index is 642. The molecule has 86 valence electrons. The van der Waals surface area contributed by atoms with Crippen LogP contribution in [0.4, 0.5) is 0 Å². The lowest BCUT2D eigenvalue weighted by Crippen LogP contribution is -2.01. The Kier molecular flexibility index (Phi) is 2.73. The van der Waals surface area contributed by atoms with Gasteiger partial charge >= 0.3 is 0 Å². The van der Waals surface area contributed by atoms with Crippen LogP contribution in [0.3, 0.4) is 0 Å². The molecule has 0 atom stereocenters. The van der Waals surface area contributed by atoms with Gasteiger partial charge in [-0.05, 0) is 12.1 Å². The van der Waals surface area contributed by atoms with Gasteiger partial charge in [-0.25, -0.2) is 4.98 Å². The van der Waals surface area contributed by atoms with Crippen molar-refractivity contribution in [3.05, 3.63) is 67.0 Å². The van der Waals surface area contributed by atoms with Gasteiger partial charge in [0.25, 0.3) is 0 Å². The van der Waals surface area contributed by atoms with Gasteiger partial charge in [0.2, 0.25) is 0 Å². The van der Waals surface area contributed by atoms with E-state index >= 15 is 0 Å². The minimum atomic E-state index is 0.973. The molecule has 3 rings (SSSR count). The minimum absolute atomic E-state index is 0.973. The standard InChI is InChI=1S/C15H13BN2/c16-13-8-6-12(7-9-13)15-17-10-11-18(15)14-4-2-1-3-5-14/h1-11H,16H2. The van der Waals surface area contributed by atoms with Crippen LogP contribution in [0.1, 0.15) is 0 Å². The van der Waals surface area contributed by atoms with E-state index in [1.54, 1.807) is 0 Å². The van der Waals surface area contributed by atoms with Crippen molar-refractivity contribution in [3.8, 4) is 17.1 Å². The first kappa shape index (κ1) is 10.8. The summed E-state index contributed by atoms with van der Waals surface area (Å²) < 4.78 is 2.10. The van der Waals surface area contributed by atoms with E-state index in [1.165, 1.54) is 5.46 Å². The number of rotatable bonds is 2. The fourth-order valence-electron chi connectivity index (χ4n) is 2.02. The van der Waals surface area contributed by atoms with E-state index in [0.717, 1.165) is 17.1 Å². The molecule has 2 nitrogen and oxygen atoms in total.